The lowest BCUT2D eigenvalue weighted by Gasteiger charge is -2.22. The molecule has 1 heterocycles. The third kappa shape index (κ3) is 6.51. The molecule has 3 rings (SSSR count). The van der Waals surface area contributed by atoms with Crippen LogP contribution in [0.4, 0.5) is 15.6 Å². The molecule has 0 spiro atoms. The van der Waals surface area contributed by atoms with Crippen molar-refractivity contribution in [3.63, 3.8) is 0 Å². The Morgan fingerprint density at radius 3 is 2.50 bits per heavy atom. The zero-order chi connectivity index (χ0) is 22.9. The van der Waals surface area contributed by atoms with Gasteiger partial charge in [0.05, 0.1) is 12.8 Å². The van der Waals surface area contributed by atoms with Gasteiger partial charge < -0.3 is 20.3 Å². The van der Waals surface area contributed by atoms with Crippen LogP contribution in [0.3, 0.4) is 0 Å². The molecule has 2 aromatic carbocycles. The van der Waals surface area contributed by atoms with Crippen molar-refractivity contribution in [1.29, 1.82) is 0 Å². The smallest absolute Gasteiger partial charge is 0.321 e. The molecule has 2 N–H and O–H groups in total. The maximum absolute atomic E-state index is 12.7. The summed E-state index contributed by atoms with van der Waals surface area (Å²) in [5.41, 5.74) is 1.57. The second-order valence-corrected chi connectivity index (χ2v) is 8.67. The van der Waals surface area contributed by atoms with E-state index in [0.29, 0.717) is 28.9 Å². The number of para-hydroxylation sites is 1. The number of halogens is 1. The Morgan fingerprint density at radius 1 is 1.06 bits per heavy atom. The normalized spacial score (nSPS) is 10.5. The Labute approximate surface area is 199 Å². The number of nitrogens with zero attached hydrogens (tertiary/aromatic N) is 3. The third-order valence-corrected chi connectivity index (χ3v) is 6.09. The number of carbonyl (C=O) groups is 2. The molecule has 32 heavy (non-hydrogen) atoms. The van der Waals surface area contributed by atoms with Crippen molar-refractivity contribution in [1.82, 2.24) is 15.1 Å². The van der Waals surface area contributed by atoms with Crippen LogP contribution in [0.2, 0.25) is 0 Å². The van der Waals surface area contributed by atoms with Gasteiger partial charge in [0.15, 0.2) is 0 Å². The summed E-state index contributed by atoms with van der Waals surface area (Å²) in [6, 6.07) is 14.6. The number of urea groups is 1. The Balaban J connectivity index is 1.54. The third-order valence-electron chi connectivity index (χ3n) is 4.51. The number of carbonyl (C=O) groups excluding carboxylic acids is 2. The van der Waals surface area contributed by atoms with Crippen LogP contribution in [0.1, 0.15) is 19.8 Å². The number of nitrogens with one attached hydrogen (secondary N) is 2. The van der Waals surface area contributed by atoms with E-state index in [1.807, 2.05) is 55.5 Å². The molecule has 0 aliphatic carbocycles. The molecule has 10 heteroatoms. The highest BCUT2D eigenvalue weighted by molar-refractivity contribution is 9.10. The number of hydrogen-bond donors (Lipinski definition) is 2. The van der Waals surface area contributed by atoms with Crippen LogP contribution in [0.25, 0.3) is 10.6 Å². The van der Waals surface area contributed by atoms with Gasteiger partial charge in [-0.25, -0.2) is 4.79 Å². The Hall–Kier alpha value is -2.98. The molecule has 0 saturated heterocycles. The highest BCUT2D eigenvalue weighted by atomic mass is 79.9. The molecule has 3 amide bonds. The van der Waals surface area contributed by atoms with Gasteiger partial charge in [0.2, 0.25) is 11.0 Å². The summed E-state index contributed by atoms with van der Waals surface area (Å²) in [6.07, 6.45) is 0.938. The first-order valence-corrected chi connectivity index (χ1v) is 11.7. The number of rotatable bonds is 9. The lowest BCUT2D eigenvalue weighted by atomic mass is 10.2. The van der Waals surface area contributed by atoms with Crippen molar-refractivity contribution in [2.45, 2.75) is 19.8 Å². The number of ether oxygens (including phenoxy) is 1. The van der Waals surface area contributed by atoms with E-state index in [9.17, 15) is 9.59 Å². The van der Waals surface area contributed by atoms with E-state index in [1.165, 1.54) is 11.3 Å². The van der Waals surface area contributed by atoms with E-state index in [1.54, 1.807) is 12.0 Å². The van der Waals surface area contributed by atoms with Crippen molar-refractivity contribution >= 4 is 50.0 Å². The summed E-state index contributed by atoms with van der Waals surface area (Å²) in [7, 11) is 1.61. The van der Waals surface area contributed by atoms with E-state index in [4.69, 9.17) is 4.74 Å². The summed E-state index contributed by atoms with van der Waals surface area (Å²) in [5.74, 6) is 0.532. The van der Waals surface area contributed by atoms with Gasteiger partial charge in [-0.15, -0.1) is 10.2 Å². The van der Waals surface area contributed by atoms with Gasteiger partial charge in [0.1, 0.15) is 10.8 Å². The molecule has 0 radical (unpaired) electrons. The Bertz CT molecular complexity index is 1060. The van der Waals surface area contributed by atoms with Gasteiger partial charge in [0, 0.05) is 29.5 Å². The lowest BCUT2D eigenvalue weighted by Crippen LogP contribution is -2.37. The minimum absolute atomic E-state index is 0.154. The molecular formula is C22H24BrN5O3S. The standard InChI is InChI=1S/C22H24BrN5O3S/c1-3-13-28(22(30)24-18-7-5-4-6-17(18)23)14-12-19(29)25-21-27-26-20(32-21)15-8-10-16(31-2)11-9-15/h4-11H,3,12-14H2,1-2H3,(H,24,30)(H,25,27,29). The van der Waals surface area contributed by atoms with Crippen LogP contribution in [0, 0.1) is 0 Å². The maximum atomic E-state index is 12.7. The van der Waals surface area contributed by atoms with E-state index in [-0.39, 0.29) is 18.4 Å². The number of aromatic nitrogens is 2. The molecule has 0 fully saturated rings. The average Bonchev–Trinajstić information content (AvgIpc) is 3.26. The van der Waals surface area contributed by atoms with E-state index >= 15 is 0 Å². The molecular weight excluding hydrogens is 494 g/mol. The molecule has 0 aliphatic heterocycles. The Morgan fingerprint density at radius 2 is 1.81 bits per heavy atom. The fraction of sp³-hybridized carbons (Fsp3) is 0.273. The van der Waals surface area contributed by atoms with Crippen LogP contribution in [-0.4, -0.2) is 47.2 Å². The van der Waals surface area contributed by atoms with Crippen LogP contribution in [0.15, 0.2) is 53.0 Å². The molecule has 0 unspecified atom stereocenters. The largest absolute Gasteiger partial charge is 0.497 e. The van der Waals surface area contributed by atoms with Crippen molar-refractivity contribution in [3.05, 3.63) is 53.0 Å². The van der Waals surface area contributed by atoms with Crippen LogP contribution < -0.4 is 15.4 Å². The topological polar surface area (TPSA) is 96.5 Å². The number of amides is 3. The van der Waals surface area contributed by atoms with E-state index in [2.05, 4.69) is 36.8 Å². The SMILES string of the molecule is CCCN(CCC(=O)Nc1nnc(-c2ccc(OC)cc2)s1)C(=O)Nc1ccccc1Br. The zero-order valence-electron chi connectivity index (χ0n) is 17.8. The second-order valence-electron chi connectivity index (χ2n) is 6.84. The summed E-state index contributed by atoms with van der Waals surface area (Å²) in [4.78, 5) is 26.7. The number of anilines is 2. The highest BCUT2D eigenvalue weighted by Gasteiger charge is 2.16. The first-order valence-electron chi connectivity index (χ1n) is 10.1. The van der Waals surface area contributed by atoms with Crippen molar-refractivity contribution in [2.24, 2.45) is 0 Å². The van der Waals surface area contributed by atoms with Crippen molar-refractivity contribution in [3.8, 4) is 16.3 Å². The average molecular weight is 518 g/mol. The molecule has 0 aliphatic rings. The summed E-state index contributed by atoms with van der Waals surface area (Å²) in [6.45, 7) is 2.82. The van der Waals surface area contributed by atoms with Crippen LogP contribution in [0.5, 0.6) is 5.75 Å². The molecule has 0 saturated carbocycles. The lowest BCUT2D eigenvalue weighted by molar-refractivity contribution is -0.116. The quantitative estimate of drug-likeness (QED) is 0.404. The maximum Gasteiger partial charge on any atom is 0.321 e. The van der Waals surface area contributed by atoms with Crippen molar-refractivity contribution in [2.75, 3.05) is 30.8 Å². The van der Waals surface area contributed by atoms with Gasteiger partial charge in [-0.1, -0.05) is 30.4 Å². The Kier molecular flexibility index (Phi) is 8.57. The van der Waals surface area contributed by atoms with E-state index < -0.39 is 0 Å². The molecule has 0 atom stereocenters. The predicted molar refractivity (Wildman–Crippen MR) is 130 cm³/mol. The fourth-order valence-corrected chi connectivity index (χ4v) is 4.03. The van der Waals surface area contributed by atoms with E-state index in [0.717, 1.165) is 22.2 Å². The van der Waals surface area contributed by atoms with Gasteiger partial charge in [-0.3, -0.25) is 4.79 Å². The van der Waals surface area contributed by atoms with Gasteiger partial charge >= 0.3 is 6.03 Å². The fourth-order valence-electron chi connectivity index (χ4n) is 2.88. The van der Waals surface area contributed by atoms with Gasteiger partial charge in [-0.05, 0) is 58.7 Å². The predicted octanol–water partition coefficient (Wildman–Crippen LogP) is 5.25. The second kappa shape index (κ2) is 11.6. The van der Waals surface area contributed by atoms with Crippen LogP contribution in [-0.2, 0) is 4.79 Å². The van der Waals surface area contributed by atoms with Gasteiger partial charge in [0.25, 0.3) is 0 Å². The first-order chi connectivity index (χ1) is 15.5. The molecule has 0 bridgehead atoms. The highest BCUT2D eigenvalue weighted by Crippen LogP contribution is 2.28. The summed E-state index contributed by atoms with van der Waals surface area (Å²) in [5, 5.41) is 14.9. The first kappa shape index (κ1) is 23.7. The molecule has 1 aromatic heterocycles. The minimum atomic E-state index is -0.246. The monoisotopic (exact) mass is 517 g/mol. The van der Waals surface area contributed by atoms with Gasteiger partial charge in [-0.2, -0.15) is 0 Å². The minimum Gasteiger partial charge on any atom is -0.497 e. The summed E-state index contributed by atoms with van der Waals surface area (Å²) >= 11 is 4.71. The molecule has 8 nitrogen and oxygen atoms in total. The molecule has 3 aromatic rings. The summed E-state index contributed by atoms with van der Waals surface area (Å²) < 4.78 is 5.96. The molecule has 168 valence electrons. The van der Waals surface area contributed by atoms with Crippen molar-refractivity contribution < 1.29 is 14.3 Å². The zero-order valence-corrected chi connectivity index (χ0v) is 20.2. The number of benzene rings is 2. The number of methoxy groups -OCH3 is 1. The number of hydrogen-bond acceptors (Lipinski definition) is 6. The van der Waals surface area contributed by atoms with Crippen LogP contribution >= 0.6 is 27.3 Å².